The Morgan fingerprint density at radius 3 is 2.32 bits per heavy atom. The average Bonchev–Trinajstić information content (AvgIpc) is 2.31. The summed E-state index contributed by atoms with van der Waals surface area (Å²) in [5.41, 5.74) is 0. The number of hydrogen-bond acceptors (Lipinski definition) is 3. The van der Waals surface area contributed by atoms with Gasteiger partial charge in [-0.15, -0.1) is 0 Å². The lowest BCUT2D eigenvalue weighted by atomic mass is 10.1. The lowest BCUT2D eigenvalue weighted by molar-refractivity contribution is -0.137. The molecule has 1 rings (SSSR count). The lowest BCUT2D eigenvalue weighted by Crippen LogP contribution is -2.36. The second kappa shape index (κ2) is 5.64. The van der Waals surface area contributed by atoms with Crippen molar-refractivity contribution in [1.29, 1.82) is 0 Å². The van der Waals surface area contributed by atoms with Gasteiger partial charge in [0.25, 0.3) is 0 Å². The molecular formula is C12H14F2O4S. The van der Waals surface area contributed by atoms with Crippen LogP contribution in [-0.2, 0) is 14.6 Å². The predicted octanol–water partition coefficient (Wildman–Crippen LogP) is 2.24. The molecule has 2 atom stereocenters. The fourth-order valence-corrected chi connectivity index (χ4v) is 3.58. The van der Waals surface area contributed by atoms with Crippen molar-refractivity contribution in [3.05, 3.63) is 29.8 Å². The smallest absolute Gasteiger partial charge is 0.322 e. The van der Waals surface area contributed by atoms with Crippen LogP contribution < -0.4 is 0 Å². The SMILES string of the molecule is CCC(C)C(C(=O)O)S(=O)(=O)c1ccc(F)c(F)c1. The quantitative estimate of drug-likeness (QED) is 0.845. The third-order valence-corrected chi connectivity index (χ3v) is 5.20. The van der Waals surface area contributed by atoms with E-state index in [4.69, 9.17) is 5.11 Å². The molecule has 4 nitrogen and oxygen atoms in total. The first kappa shape index (κ1) is 15.6. The van der Waals surface area contributed by atoms with Crippen molar-refractivity contribution in [2.45, 2.75) is 30.4 Å². The van der Waals surface area contributed by atoms with Gasteiger partial charge in [-0.05, 0) is 24.1 Å². The van der Waals surface area contributed by atoms with Gasteiger partial charge in [0, 0.05) is 0 Å². The highest BCUT2D eigenvalue weighted by Crippen LogP contribution is 2.25. The predicted molar refractivity (Wildman–Crippen MR) is 64.4 cm³/mol. The Hall–Kier alpha value is -1.50. The van der Waals surface area contributed by atoms with Crippen LogP contribution in [0.1, 0.15) is 20.3 Å². The zero-order valence-electron chi connectivity index (χ0n) is 10.4. The van der Waals surface area contributed by atoms with Crippen LogP contribution in [0.15, 0.2) is 23.1 Å². The number of carboxylic acid groups (broad SMARTS) is 1. The molecular weight excluding hydrogens is 278 g/mol. The summed E-state index contributed by atoms with van der Waals surface area (Å²) in [5, 5.41) is 7.37. The maximum atomic E-state index is 13.1. The number of aliphatic carboxylic acids is 1. The van der Waals surface area contributed by atoms with Crippen LogP contribution >= 0.6 is 0 Å². The number of carboxylic acids is 1. The van der Waals surface area contributed by atoms with Crippen molar-refractivity contribution in [2.24, 2.45) is 5.92 Å². The number of halogens is 2. The van der Waals surface area contributed by atoms with E-state index in [1.165, 1.54) is 6.92 Å². The fourth-order valence-electron chi connectivity index (χ4n) is 1.70. The highest BCUT2D eigenvalue weighted by atomic mass is 32.2. The van der Waals surface area contributed by atoms with Gasteiger partial charge in [-0.3, -0.25) is 4.79 Å². The summed E-state index contributed by atoms with van der Waals surface area (Å²) in [5.74, 6) is -4.65. The summed E-state index contributed by atoms with van der Waals surface area (Å²) >= 11 is 0. The van der Waals surface area contributed by atoms with Gasteiger partial charge >= 0.3 is 5.97 Å². The number of hydrogen-bond donors (Lipinski definition) is 1. The monoisotopic (exact) mass is 292 g/mol. The fraction of sp³-hybridized carbons (Fsp3) is 0.417. The maximum absolute atomic E-state index is 13.1. The normalized spacial score (nSPS) is 14.9. The molecule has 0 radical (unpaired) electrons. The number of rotatable bonds is 5. The molecule has 0 heterocycles. The molecule has 19 heavy (non-hydrogen) atoms. The maximum Gasteiger partial charge on any atom is 0.322 e. The van der Waals surface area contributed by atoms with Crippen molar-refractivity contribution < 1.29 is 27.1 Å². The first-order chi connectivity index (χ1) is 8.71. The van der Waals surface area contributed by atoms with Crippen LogP contribution in [0.25, 0.3) is 0 Å². The van der Waals surface area contributed by atoms with Crippen LogP contribution in [0, 0.1) is 17.6 Å². The first-order valence-electron chi connectivity index (χ1n) is 5.63. The van der Waals surface area contributed by atoms with Gasteiger partial charge in [-0.25, -0.2) is 17.2 Å². The van der Waals surface area contributed by atoms with Gasteiger partial charge in [-0.1, -0.05) is 20.3 Å². The van der Waals surface area contributed by atoms with E-state index in [0.717, 1.165) is 6.07 Å². The Balaban J connectivity index is 3.35. The average molecular weight is 292 g/mol. The lowest BCUT2D eigenvalue weighted by Gasteiger charge is -2.19. The highest BCUT2D eigenvalue weighted by molar-refractivity contribution is 7.92. The molecule has 0 spiro atoms. The summed E-state index contributed by atoms with van der Waals surface area (Å²) in [6, 6.07) is 2.03. The Morgan fingerprint density at radius 2 is 1.89 bits per heavy atom. The van der Waals surface area contributed by atoms with E-state index in [0.29, 0.717) is 18.6 Å². The molecule has 0 bridgehead atoms. The molecule has 0 amide bonds. The number of sulfone groups is 1. The second-order valence-electron chi connectivity index (χ2n) is 4.27. The van der Waals surface area contributed by atoms with Gasteiger partial charge < -0.3 is 5.11 Å². The Bertz CT molecular complexity index is 583. The third-order valence-electron chi connectivity index (χ3n) is 2.96. The van der Waals surface area contributed by atoms with Gasteiger partial charge in [0.15, 0.2) is 26.7 Å². The Labute approximate surface area is 110 Å². The minimum atomic E-state index is -4.26. The summed E-state index contributed by atoms with van der Waals surface area (Å²) < 4.78 is 50.2. The Kier molecular flexibility index (Phi) is 4.62. The van der Waals surface area contributed by atoms with Crippen molar-refractivity contribution >= 4 is 15.8 Å². The molecule has 0 aromatic heterocycles. The highest BCUT2D eigenvalue weighted by Gasteiger charge is 2.38. The summed E-state index contributed by atoms with van der Waals surface area (Å²) in [6.45, 7) is 3.14. The molecule has 0 aliphatic carbocycles. The van der Waals surface area contributed by atoms with E-state index in [1.807, 2.05) is 0 Å². The first-order valence-corrected chi connectivity index (χ1v) is 7.18. The molecule has 0 aliphatic rings. The molecule has 0 aliphatic heterocycles. The van der Waals surface area contributed by atoms with Crippen LogP contribution in [0.3, 0.4) is 0 Å². The molecule has 1 aromatic carbocycles. The Morgan fingerprint density at radius 1 is 1.32 bits per heavy atom. The summed E-state index contributed by atoms with van der Waals surface area (Å²) in [6.07, 6.45) is 0.333. The third kappa shape index (κ3) is 3.09. The van der Waals surface area contributed by atoms with Crippen molar-refractivity contribution in [2.75, 3.05) is 0 Å². The van der Waals surface area contributed by atoms with Gasteiger partial charge in [0.05, 0.1) is 4.90 Å². The minimum Gasteiger partial charge on any atom is -0.480 e. The van der Waals surface area contributed by atoms with E-state index >= 15 is 0 Å². The molecule has 0 saturated carbocycles. The van der Waals surface area contributed by atoms with Crippen molar-refractivity contribution in [1.82, 2.24) is 0 Å². The molecule has 0 saturated heterocycles. The van der Waals surface area contributed by atoms with Crippen LogP contribution in [0.2, 0.25) is 0 Å². The molecule has 7 heteroatoms. The zero-order chi connectivity index (χ0) is 14.8. The zero-order valence-corrected chi connectivity index (χ0v) is 11.2. The van der Waals surface area contributed by atoms with Crippen LogP contribution in [-0.4, -0.2) is 24.7 Å². The second-order valence-corrected chi connectivity index (χ2v) is 6.33. The van der Waals surface area contributed by atoms with Gasteiger partial charge in [0.1, 0.15) is 0 Å². The number of carbonyl (C=O) groups is 1. The van der Waals surface area contributed by atoms with E-state index in [9.17, 15) is 22.0 Å². The van der Waals surface area contributed by atoms with Gasteiger partial charge in [-0.2, -0.15) is 0 Å². The molecule has 1 aromatic rings. The summed E-state index contributed by atoms with van der Waals surface area (Å²) in [4.78, 5) is 10.6. The molecule has 1 N–H and O–H groups in total. The standard InChI is InChI=1S/C12H14F2O4S/c1-3-7(2)11(12(15)16)19(17,18)8-4-5-9(13)10(14)6-8/h4-7,11H,3H2,1-2H3,(H,15,16). The van der Waals surface area contributed by atoms with Crippen LogP contribution in [0.5, 0.6) is 0 Å². The molecule has 0 fully saturated rings. The van der Waals surface area contributed by atoms with Gasteiger partial charge in [0.2, 0.25) is 0 Å². The molecule has 106 valence electrons. The number of benzene rings is 1. The summed E-state index contributed by atoms with van der Waals surface area (Å²) in [7, 11) is -4.26. The van der Waals surface area contributed by atoms with E-state index in [-0.39, 0.29) is 0 Å². The van der Waals surface area contributed by atoms with E-state index in [1.54, 1.807) is 6.92 Å². The van der Waals surface area contributed by atoms with Crippen LogP contribution in [0.4, 0.5) is 8.78 Å². The largest absolute Gasteiger partial charge is 0.480 e. The van der Waals surface area contributed by atoms with E-state index in [2.05, 4.69) is 0 Å². The molecule has 2 unspecified atom stereocenters. The van der Waals surface area contributed by atoms with Crippen molar-refractivity contribution in [3.8, 4) is 0 Å². The van der Waals surface area contributed by atoms with Crippen molar-refractivity contribution in [3.63, 3.8) is 0 Å². The minimum absolute atomic E-state index is 0.333. The topological polar surface area (TPSA) is 71.4 Å². The van der Waals surface area contributed by atoms with E-state index < -0.39 is 43.5 Å².